The van der Waals surface area contributed by atoms with Crippen LogP contribution in [0, 0.1) is 0 Å². The summed E-state index contributed by atoms with van der Waals surface area (Å²) < 4.78 is 32.7. The Kier molecular flexibility index (Phi) is 5.84. The van der Waals surface area contributed by atoms with E-state index in [2.05, 4.69) is 14.7 Å². The minimum absolute atomic E-state index is 0.00432. The van der Waals surface area contributed by atoms with Crippen molar-refractivity contribution in [2.24, 2.45) is 0 Å². The third-order valence-electron chi connectivity index (χ3n) is 3.88. The molecule has 0 amide bonds. The summed E-state index contributed by atoms with van der Waals surface area (Å²) in [5.74, 6) is -0.198. The van der Waals surface area contributed by atoms with Gasteiger partial charge in [0.15, 0.2) is 5.16 Å². The first-order chi connectivity index (χ1) is 13.0. The lowest BCUT2D eigenvalue weighted by molar-refractivity contribution is -0.140. The molecule has 0 N–H and O–H groups in total. The quantitative estimate of drug-likeness (QED) is 0.348. The molecule has 0 radical (unpaired) electrons. The minimum atomic E-state index is -2.70. The van der Waals surface area contributed by atoms with Gasteiger partial charge < -0.3 is 4.74 Å². The Morgan fingerprint density at radius 1 is 1.33 bits per heavy atom. The molecule has 0 spiro atoms. The molecule has 0 aliphatic rings. The van der Waals surface area contributed by atoms with E-state index in [1.807, 2.05) is 0 Å². The fourth-order valence-corrected chi connectivity index (χ4v) is 3.50. The van der Waals surface area contributed by atoms with Gasteiger partial charge in [0.05, 0.1) is 30.2 Å². The number of para-hydroxylation sites is 1. The number of halogens is 2. The zero-order chi connectivity index (χ0) is 19.4. The highest BCUT2D eigenvalue weighted by molar-refractivity contribution is 7.98. The molecule has 3 rings (SSSR count). The van der Waals surface area contributed by atoms with Crippen molar-refractivity contribution in [2.75, 3.05) is 7.11 Å². The smallest absolute Gasteiger partial charge is 0.319 e. The highest BCUT2D eigenvalue weighted by Crippen LogP contribution is 2.23. The molecule has 27 heavy (non-hydrogen) atoms. The molecule has 10 heteroatoms. The summed E-state index contributed by atoms with van der Waals surface area (Å²) in [5.41, 5.74) is 0.195. The molecular weight excluding hydrogens is 378 g/mol. The van der Waals surface area contributed by atoms with Crippen LogP contribution in [0.4, 0.5) is 8.78 Å². The molecule has 7 nitrogen and oxygen atoms in total. The fourth-order valence-electron chi connectivity index (χ4n) is 2.52. The molecule has 0 aliphatic heterocycles. The summed E-state index contributed by atoms with van der Waals surface area (Å²) in [6, 6.07) is 6.83. The van der Waals surface area contributed by atoms with E-state index in [4.69, 9.17) is 0 Å². The van der Waals surface area contributed by atoms with Gasteiger partial charge in [0, 0.05) is 18.9 Å². The molecular formula is C17H16F2N4O3S. The number of carbonyl (C=O) groups is 1. The molecule has 0 aliphatic carbocycles. The van der Waals surface area contributed by atoms with Crippen molar-refractivity contribution in [1.82, 2.24) is 19.1 Å². The predicted octanol–water partition coefficient (Wildman–Crippen LogP) is 2.84. The maximum Gasteiger partial charge on any atom is 0.319 e. The number of nitrogens with zero attached hydrogens (tertiary/aromatic N) is 4. The van der Waals surface area contributed by atoms with E-state index in [0.29, 0.717) is 16.1 Å². The lowest BCUT2D eigenvalue weighted by Gasteiger charge is -2.13. The summed E-state index contributed by atoms with van der Waals surface area (Å²) in [6.45, 7) is -2.62. The maximum atomic E-state index is 13.0. The summed E-state index contributed by atoms with van der Waals surface area (Å²) in [5, 5.41) is 0.743. The Balaban J connectivity index is 1.95. The molecule has 2 heterocycles. The van der Waals surface area contributed by atoms with Crippen molar-refractivity contribution in [2.45, 2.75) is 30.4 Å². The number of benzene rings is 1. The Labute approximate surface area is 157 Å². The molecule has 0 bridgehead atoms. The first kappa shape index (κ1) is 19.0. The number of carbonyl (C=O) groups excluding carboxylic acids is 1. The van der Waals surface area contributed by atoms with Crippen molar-refractivity contribution >= 4 is 28.6 Å². The van der Waals surface area contributed by atoms with Gasteiger partial charge in [-0.1, -0.05) is 23.9 Å². The molecule has 1 aromatic carbocycles. The first-order valence-corrected chi connectivity index (χ1v) is 8.99. The summed E-state index contributed by atoms with van der Waals surface area (Å²) in [7, 11) is 1.27. The number of ether oxygens (including phenoxy) is 1. The van der Waals surface area contributed by atoms with Crippen LogP contribution in [-0.2, 0) is 21.8 Å². The van der Waals surface area contributed by atoms with Gasteiger partial charge in [-0.2, -0.15) is 8.78 Å². The number of methoxy groups -OCH3 is 1. The number of thioether (sulfide) groups is 1. The van der Waals surface area contributed by atoms with Gasteiger partial charge in [-0.3, -0.25) is 18.7 Å². The van der Waals surface area contributed by atoms with E-state index in [1.54, 1.807) is 24.3 Å². The Hall–Kier alpha value is -2.75. The van der Waals surface area contributed by atoms with Crippen LogP contribution in [0.3, 0.4) is 0 Å². The third-order valence-corrected chi connectivity index (χ3v) is 4.86. The topological polar surface area (TPSA) is 79.0 Å². The Morgan fingerprint density at radius 2 is 2.11 bits per heavy atom. The number of aromatic nitrogens is 4. The van der Waals surface area contributed by atoms with Crippen LogP contribution in [-0.4, -0.2) is 32.2 Å². The molecule has 0 unspecified atom stereocenters. The zero-order valence-electron chi connectivity index (χ0n) is 14.3. The molecule has 142 valence electrons. The Morgan fingerprint density at radius 3 is 2.85 bits per heavy atom. The lowest BCUT2D eigenvalue weighted by atomic mass is 10.2. The largest absolute Gasteiger partial charge is 0.469 e. The minimum Gasteiger partial charge on any atom is -0.469 e. The molecule has 2 aromatic heterocycles. The molecule has 0 saturated heterocycles. The van der Waals surface area contributed by atoms with E-state index >= 15 is 0 Å². The van der Waals surface area contributed by atoms with E-state index < -0.39 is 12.5 Å². The highest BCUT2D eigenvalue weighted by atomic mass is 32.2. The van der Waals surface area contributed by atoms with E-state index in [0.717, 1.165) is 16.3 Å². The summed E-state index contributed by atoms with van der Waals surface area (Å²) >= 11 is 1.11. The standard InChI is InChI=1S/C17H16F2N4O3S/c1-26-14(24)6-8-23-15(25)11-4-2-3-5-12(11)21-17(23)27-10-13-20-7-9-22(13)16(18)19/h2-5,7,9,16H,6,8,10H2,1H3. The van der Waals surface area contributed by atoms with Crippen LogP contribution in [0.5, 0.6) is 0 Å². The number of hydrogen-bond acceptors (Lipinski definition) is 6. The van der Waals surface area contributed by atoms with Crippen molar-refractivity contribution in [1.29, 1.82) is 0 Å². The predicted molar refractivity (Wildman–Crippen MR) is 95.7 cm³/mol. The monoisotopic (exact) mass is 394 g/mol. The highest BCUT2D eigenvalue weighted by Gasteiger charge is 2.16. The number of hydrogen-bond donors (Lipinski definition) is 0. The van der Waals surface area contributed by atoms with Gasteiger partial charge in [-0.25, -0.2) is 9.97 Å². The van der Waals surface area contributed by atoms with Crippen LogP contribution < -0.4 is 5.56 Å². The lowest BCUT2D eigenvalue weighted by Crippen LogP contribution is -2.25. The second-order valence-electron chi connectivity index (χ2n) is 5.51. The van der Waals surface area contributed by atoms with Crippen LogP contribution in [0.25, 0.3) is 10.9 Å². The van der Waals surface area contributed by atoms with E-state index in [-0.39, 0.29) is 30.1 Å². The average molecular weight is 394 g/mol. The summed E-state index contributed by atoms with van der Waals surface area (Å²) in [4.78, 5) is 32.7. The first-order valence-electron chi connectivity index (χ1n) is 8.00. The van der Waals surface area contributed by atoms with Crippen LogP contribution in [0.1, 0.15) is 18.8 Å². The SMILES string of the molecule is COC(=O)CCn1c(SCc2nccn2C(F)F)nc2ccccc2c1=O. The molecule has 0 fully saturated rings. The number of esters is 1. The number of fused-ring (bicyclic) bond motifs is 1. The van der Waals surface area contributed by atoms with Gasteiger partial charge in [0.25, 0.3) is 5.56 Å². The van der Waals surface area contributed by atoms with E-state index in [1.165, 1.54) is 24.1 Å². The van der Waals surface area contributed by atoms with Gasteiger partial charge in [-0.15, -0.1) is 0 Å². The zero-order valence-corrected chi connectivity index (χ0v) is 15.2. The molecule has 3 aromatic rings. The maximum absolute atomic E-state index is 13.0. The van der Waals surface area contributed by atoms with Gasteiger partial charge in [0.2, 0.25) is 0 Å². The van der Waals surface area contributed by atoms with Gasteiger partial charge >= 0.3 is 12.5 Å². The normalized spacial score (nSPS) is 11.3. The number of rotatable bonds is 7. The van der Waals surface area contributed by atoms with Crippen LogP contribution >= 0.6 is 11.8 Å². The van der Waals surface area contributed by atoms with Crippen molar-refractivity contribution in [3.63, 3.8) is 0 Å². The van der Waals surface area contributed by atoms with Crippen molar-refractivity contribution in [3.05, 3.63) is 52.8 Å². The van der Waals surface area contributed by atoms with Gasteiger partial charge in [0.1, 0.15) is 5.82 Å². The van der Waals surface area contributed by atoms with Crippen LogP contribution in [0.15, 0.2) is 46.6 Å². The summed E-state index contributed by atoms with van der Waals surface area (Å²) in [6.07, 6.45) is 2.48. The number of imidazole rings is 1. The van der Waals surface area contributed by atoms with Crippen molar-refractivity contribution in [3.8, 4) is 0 Å². The molecule has 0 saturated carbocycles. The number of alkyl halides is 2. The second kappa shape index (κ2) is 8.30. The van der Waals surface area contributed by atoms with Crippen molar-refractivity contribution < 1.29 is 18.3 Å². The third kappa shape index (κ3) is 4.16. The van der Waals surface area contributed by atoms with Gasteiger partial charge in [-0.05, 0) is 12.1 Å². The average Bonchev–Trinajstić information content (AvgIpc) is 3.14. The fraction of sp³-hybridized carbons (Fsp3) is 0.294. The molecule has 0 atom stereocenters. The van der Waals surface area contributed by atoms with E-state index in [9.17, 15) is 18.4 Å². The second-order valence-corrected chi connectivity index (χ2v) is 6.45. The Bertz CT molecular complexity index is 1020. The van der Waals surface area contributed by atoms with Crippen LogP contribution in [0.2, 0.25) is 0 Å².